The van der Waals surface area contributed by atoms with Crippen LogP contribution in [0.3, 0.4) is 0 Å². The lowest BCUT2D eigenvalue weighted by atomic mass is 10.2. The van der Waals surface area contributed by atoms with Crippen molar-refractivity contribution in [1.29, 1.82) is 5.26 Å². The first-order valence-corrected chi connectivity index (χ1v) is 3.15. The third-order valence-corrected chi connectivity index (χ3v) is 1.38. The van der Waals surface area contributed by atoms with Crippen molar-refractivity contribution in [1.82, 2.24) is 0 Å². The summed E-state index contributed by atoms with van der Waals surface area (Å²) in [6.45, 7) is 1.74. The molecule has 1 rings (SSSR count). The molecule has 56 valence electrons. The molecule has 0 aliphatic rings. The number of anilines is 1. The molecule has 1 aromatic rings. The van der Waals surface area contributed by atoms with Crippen molar-refractivity contribution >= 4 is 5.69 Å². The molecule has 0 amide bonds. The molecule has 0 saturated heterocycles. The highest BCUT2D eigenvalue weighted by Crippen LogP contribution is 2.14. The molecule has 0 spiro atoms. The van der Waals surface area contributed by atoms with Gasteiger partial charge in [-0.05, 0) is 30.7 Å². The average Bonchev–Trinajstić information content (AvgIpc) is 1.95. The van der Waals surface area contributed by atoms with Crippen LogP contribution in [0.4, 0.5) is 10.1 Å². The van der Waals surface area contributed by atoms with Gasteiger partial charge in [0.05, 0.1) is 5.69 Å². The molecule has 0 unspecified atom stereocenters. The lowest BCUT2D eigenvalue weighted by Crippen LogP contribution is -1.90. The van der Waals surface area contributed by atoms with Gasteiger partial charge in [0.25, 0.3) is 0 Å². The van der Waals surface area contributed by atoms with E-state index in [2.05, 4.69) is 5.32 Å². The predicted molar refractivity (Wildman–Crippen MR) is 40.4 cm³/mol. The van der Waals surface area contributed by atoms with Crippen LogP contribution < -0.4 is 5.32 Å². The van der Waals surface area contributed by atoms with Crippen LogP contribution in [-0.4, -0.2) is 0 Å². The highest BCUT2D eigenvalue weighted by Gasteiger charge is 1.96. The summed E-state index contributed by atoms with van der Waals surface area (Å²) in [6.07, 6.45) is 1.77. The molecule has 0 aliphatic carbocycles. The second kappa shape index (κ2) is 3.02. The number of nitrogens with one attached hydrogen (secondary N) is 1. The van der Waals surface area contributed by atoms with E-state index in [0.29, 0.717) is 5.69 Å². The topological polar surface area (TPSA) is 35.8 Å². The lowest BCUT2D eigenvalue weighted by molar-refractivity contribution is 0.627. The zero-order valence-electron chi connectivity index (χ0n) is 6.06. The molecule has 0 heterocycles. The molecule has 0 aromatic heterocycles. The number of hydrogen-bond donors (Lipinski definition) is 1. The van der Waals surface area contributed by atoms with Gasteiger partial charge in [0.2, 0.25) is 0 Å². The molecule has 0 atom stereocenters. The Labute approximate surface area is 64.3 Å². The number of nitrogens with zero attached hydrogens (tertiary/aromatic N) is 1. The lowest BCUT2D eigenvalue weighted by Gasteiger charge is -2.00. The van der Waals surface area contributed by atoms with Crippen molar-refractivity contribution in [3.63, 3.8) is 0 Å². The van der Waals surface area contributed by atoms with Gasteiger partial charge in [0, 0.05) is 0 Å². The third kappa shape index (κ3) is 1.68. The van der Waals surface area contributed by atoms with E-state index in [4.69, 9.17) is 5.26 Å². The monoisotopic (exact) mass is 150 g/mol. The maximum Gasteiger partial charge on any atom is 0.181 e. The summed E-state index contributed by atoms with van der Waals surface area (Å²) < 4.78 is 12.5. The molecular formula is C8H7FN2. The normalized spacial score (nSPS) is 8.82. The minimum Gasteiger partial charge on any atom is -0.293 e. The van der Waals surface area contributed by atoms with Crippen molar-refractivity contribution in [2.45, 2.75) is 6.92 Å². The maximum absolute atomic E-state index is 12.5. The molecule has 0 aliphatic heterocycles. The molecule has 2 nitrogen and oxygen atoms in total. The van der Waals surface area contributed by atoms with Crippen LogP contribution in [0.2, 0.25) is 0 Å². The molecule has 0 radical (unpaired) electrons. The zero-order valence-corrected chi connectivity index (χ0v) is 6.06. The van der Waals surface area contributed by atoms with E-state index < -0.39 is 0 Å². The van der Waals surface area contributed by atoms with E-state index in [9.17, 15) is 4.39 Å². The highest BCUT2D eigenvalue weighted by atomic mass is 19.1. The third-order valence-electron chi connectivity index (χ3n) is 1.38. The molecular weight excluding hydrogens is 143 g/mol. The summed E-state index contributed by atoms with van der Waals surface area (Å²) in [7, 11) is 0. The zero-order chi connectivity index (χ0) is 8.27. The van der Waals surface area contributed by atoms with E-state index in [0.717, 1.165) is 5.56 Å². The van der Waals surface area contributed by atoms with E-state index in [1.165, 1.54) is 18.2 Å². The maximum atomic E-state index is 12.5. The van der Waals surface area contributed by atoms with E-state index in [1.54, 1.807) is 13.1 Å². The van der Waals surface area contributed by atoms with Crippen molar-refractivity contribution in [2.24, 2.45) is 0 Å². The van der Waals surface area contributed by atoms with Crippen LogP contribution in [0.25, 0.3) is 0 Å². The van der Waals surface area contributed by atoms with Gasteiger partial charge >= 0.3 is 0 Å². The Bertz CT molecular complexity index is 301. The number of aryl methyl sites for hydroxylation is 1. The molecule has 3 heteroatoms. The Morgan fingerprint density at radius 1 is 1.55 bits per heavy atom. The summed E-state index contributed by atoms with van der Waals surface area (Å²) in [5.41, 5.74) is 1.38. The first-order chi connectivity index (χ1) is 5.24. The van der Waals surface area contributed by atoms with Gasteiger partial charge in [-0.3, -0.25) is 5.32 Å². The molecule has 0 saturated carbocycles. The van der Waals surface area contributed by atoms with Gasteiger partial charge in [0.15, 0.2) is 6.19 Å². The van der Waals surface area contributed by atoms with Crippen LogP contribution in [0.5, 0.6) is 0 Å². The van der Waals surface area contributed by atoms with Gasteiger partial charge in [-0.2, -0.15) is 5.26 Å². The van der Waals surface area contributed by atoms with Crippen LogP contribution in [0.1, 0.15) is 5.56 Å². The van der Waals surface area contributed by atoms with Crippen molar-refractivity contribution in [3.05, 3.63) is 29.6 Å². The quantitative estimate of drug-likeness (QED) is 0.491. The molecule has 0 bridgehead atoms. The first kappa shape index (κ1) is 7.55. The Hall–Kier alpha value is -1.56. The fourth-order valence-electron chi connectivity index (χ4n) is 0.828. The van der Waals surface area contributed by atoms with Crippen molar-refractivity contribution < 1.29 is 4.39 Å². The SMILES string of the molecule is Cc1cc(F)ccc1NC#N. The van der Waals surface area contributed by atoms with E-state index >= 15 is 0 Å². The Morgan fingerprint density at radius 2 is 2.27 bits per heavy atom. The summed E-state index contributed by atoms with van der Waals surface area (Å²) in [5.74, 6) is -0.286. The second-order valence-corrected chi connectivity index (χ2v) is 2.20. The van der Waals surface area contributed by atoms with E-state index in [-0.39, 0.29) is 5.82 Å². The Morgan fingerprint density at radius 3 is 2.82 bits per heavy atom. The molecule has 1 aromatic carbocycles. The number of hydrogen-bond acceptors (Lipinski definition) is 2. The minimum atomic E-state index is -0.286. The molecule has 0 fully saturated rings. The highest BCUT2D eigenvalue weighted by molar-refractivity contribution is 5.52. The standard InChI is InChI=1S/C8H7FN2/c1-6-4-7(9)2-3-8(6)11-5-10/h2-4,11H,1H3. The molecule has 11 heavy (non-hydrogen) atoms. The van der Waals surface area contributed by atoms with Crippen molar-refractivity contribution in [2.75, 3.05) is 5.32 Å². The van der Waals surface area contributed by atoms with Gasteiger partial charge in [-0.25, -0.2) is 4.39 Å². The van der Waals surface area contributed by atoms with E-state index in [1.807, 2.05) is 0 Å². The smallest absolute Gasteiger partial charge is 0.181 e. The minimum absolute atomic E-state index is 0.286. The molecule has 1 N–H and O–H groups in total. The van der Waals surface area contributed by atoms with Crippen LogP contribution >= 0.6 is 0 Å². The van der Waals surface area contributed by atoms with Gasteiger partial charge in [-0.15, -0.1) is 0 Å². The average molecular weight is 150 g/mol. The van der Waals surface area contributed by atoms with Gasteiger partial charge in [-0.1, -0.05) is 0 Å². The Kier molecular flexibility index (Phi) is 2.07. The Balaban J connectivity index is 3.01. The number of benzene rings is 1. The van der Waals surface area contributed by atoms with Crippen LogP contribution in [-0.2, 0) is 0 Å². The first-order valence-electron chi connectivity index (χ1n) is 3.15. The largest absolute Gasteiger partial charge is 0.293 e. The summed E-state index contributed by atoms with van der Waals surface area (Å²) in [4.78, 5) is 0. The second-order valence-electron chi connectivity index (χ2n) is 2.20. The van der Waals surface area contributed by atoms with Crippen LogP contribution in [0.15, 0.2) is 18.2 Å². The fourth-order valence-corrected chi connectivity index (χ4v) is 0.828. The summed E-state index contributed by atoms with van der Waals surface area (Å²) in [6, 6.07) is 4.22. The fraction of sp³-hybridized carbons (Fsp3) is 0.125. The number of halogens is 1. The van der Waals surface area contributed by atoms with Crippen LogP contribution in [0, 0.1) is 24.2 Å². The van der Waals surface area contributed by atoms with Gasteiger partial charge in [0.1, 0.15) is 5.82 Å². The predicted octanol–water partition coefficient (Wildman–Crippen LogP) is 2.03. The van der Waals surface area contributed by atoms with Crippen molar-refractivity contribution in [3.8, 4) is 6.19 Å². The van der Waals surface area contributed by atoms with Gasteiger partial charge < -0.3 is 0 Å². The number of rotatable bonds is 1. The summed E-state index contributed by atoms with van der Waals surface area (Å²) >= 11 is 0. The summed E-state index contributed by atoms with van der Waals surface area (Å²) in [5, 5.41) is 10.7. The number of nitriles is 1.